The average molecular weight is 596 g/mol. The summed E-state index contributed by atoms with van der Waals surface area (Å²) in [5.74, 6) is -8.62. The number of carbonyl (C=O) groups is 3. The number of esters is 1. The van der Waals surface area contributed by atoms with Crippen LogP contribution < -0.4 is 20.7 Å². The highest BCUT2D eigenvalue weighted by molar-refractivity contribution is 8.00. The van der Waals surface area contributed by atoms with E-state index in [1.807, 2.05) is 11.8 Å². The predicted octanol–water partition coefficient (Wildman–Crippen LogP) is 2.43. The van der Waals surface area contributed by atoms with Gasteiger partial charge in [0.05, 0.1) is 58.1 Å². The van der Waals surface area contributed by atoms with E-state index in [0.717, 1.165) is 25.0 Å². The van der Waals surface area contributed by atoms with Crippen LogP contribution in [0.4, 0.5) is 22.4 Å². The van der Waals surface area contributed by atoms with Crippen LogP contribution in [0.3, 0.4) is 0 Å². The minimum atomic E-state index is -1.80. The van der Waals surface area contributed by atoms with Gasteiger partial charge in [0.25, 0.3) is 0 Å². The molecule has 2 aliphatic heterocycles. The molecule has 0 bridgehead atoms. The van der Waals surface area contributed by atoms with Gasteiger partial charge in [-0.15, -0.1) is 0 Å². The van der Waals surface area contributed by atoms with E-state index in [0.29, 0.717) is 31.4 Å². The van der Waals surface area contributed by atoms with E-state index in [-0.39, 0.29) is 56.5 Å². The number of thioether (sulfide) groups is 1. The topological polar surface area (TPSA) is 124 Å². The van der Waals surface area contributed by atoms with Crippen molar-refractivity contribution in [3.63, 3.8) is 0 Å². The molecule has 224 valence electrons. The Kier molecular flexibility index (Phi) is 13.2. The van der Waals surface area contributed by atoms with Gasteiger partial charge in [-0.3, -0.25) is 9.59 Å². The van der Waals surface area contributed by atoms with Gasteiger partial charge in [-0.2, -0.15) is 20.5 Å². The van der Waals surface area contributed by atoms with Gasteiger partial charge >= 0.3 is 12.0 Å². The van der Waals surface area contributed by atoms with E-state index >= 15 is 0 Å². The number of unbranched alkanes of at least 4 members (excludes halogenated alkanes) is 1. The standard InChI is InChI=1S/C25H33F4N3O7S/c26-15-13-16(27)22(29)24(21(15)28)39-20(34)5-7-36-9-11-38-12-10-37-8-6-30-19(33)4-2-1-3-18-23-17(14-40-18)31-25(35)32-23/h13,17-18,23H,1-12,14H2,(H,30,33)(H2,31,32,35)/t17-,18-,23-/m0/s1. The molecule has 3 amide bonds. The van der Waals surface area contributed by atoms with Crippen LogP contribution in [0.25, 0.3) is 0 Å². The van der Waals surface area contributed by atoms with Gasteiger partial charge in [0.2, 0.25) is 23.3 Å². The lowest BCUT2D eigenvalue weighted by molar-refractivity contribution is -0.136. The largest absolute Gasteiger partial charge is 0.420 e. The fourth-order valence-electron chi connectivity index (χ4n) is 4.13. The normalized spacial score (nSPS) is 19.7. The van der Waals surface area contributed by atoms with Gasteiger partial charge in [0.15, 0.2) is 11.6 Å². The highest BCUT2D eigenvalue weighted by atomic mass is 32.2. The monoisotopic (exact) mass is 595 g/mol. The highest BCUT2D eigenvalue weighted by Crippen LogP contribution is 2.33. The van der Waals surface area contributed by atoms with Gasteiger partial charge in [-0.25, -0.2) is 13.6 Å². The number of benzene rings is 1. The van der Waals surface area contributed by atoms with Crippen molar-refractivity contribution in [1.29, 1.82) is 0 Å². The smallest absolute Gasteiger partial charge is 0.315 e. The maximum absolute atomic E-state index is 13.5. The van der Waals surface area contributed by atoms with E-state index in [2.05, 4.69) is 20.7 Å². The number of urea groups is 1. The molecule has 2 saturated heterocycles. The van der Waals surface area contributed by atoms with Crippen molar-refractivity contribution < 1.29 is 50.9 Å². The first kappa shape index (κ1) is 31.9. The molecule has 0 spiro atoms. The fraction of sp³-hybridized carbons (Fsp3) is 0.640. The first-order valence-corrected chi connectivity index (χ1v) is 14.0. The van der Waals surface area contributed by atoms with Gasteiger partial charge in [0, 0.05) is 30.0 Å². The molecule has 2 fully saturated rings. The SMILES string of the molecule is O=C(CCCC[C@@H]1SC[C@@H]2NC(=O)N[C@@H]21)NCCOCCOCCOCCC(=O)Oc1c(F)c(F)cc(F)c1F. The molecule has 40 heavy (non-hydrogen) atoms. The minimum absolute atomic E-state index is 0.0143. The molecule has 2 aliphatic rings. The molecule has 3 atom stereocenters. The zero-order valence-electron chi connectivity index (χ0n) is 21.8. The van der Waals surface area contributed by atoms with E-state index in [1.54, 1.807) is 0 Å². The molecule has 0 aliphatic carbocycles. The maximum atomic E-state index is 13.5. The number of amides is 3. The lowest BCUT2D eigenvalue weighted by Gasteiger charge is -2.16. The summed E-state index contributed by atoms with van der Waals surface area (Å²) in [6, 6.07) is 0.308. The number of halogens is 4. The Balaban J connectivity index is 1.08. The fourth-order valence-corrected chi connectivity index (χ4v) is 5.67. The molecule has 15 heteroatoms. The van der Waals surface area contributed by atoms with Crippen molar-refractivity contribution in [1.82, 2.24) is 16.0 Å². The summed E-state index contributed by atoms with van der Waals surface area (Å²) in [6.45, 7) is 1.45. The molecule has 1 aromatic rings. The summed E-state index contributed by atoms with van der Waals surface area (Å²) in [6.07, 6.45) is 2.70. The second-order valence-corrected chi connectivity index (χ2v) is 10.3. The van der Waals surface area contributed by atoms with Crippen molar-refractivity contribution in [2.45, 2.75) is 49.4 Å². The highest BCUT2D eigenvalue weighted by Gasteiger charge is 2.42. The van der Waals surface area contributed by atoms with E-state index in [9.17, 15) is 31.9 Å². The summed E-state index contributed by atoms with van der Waals surface area (Å²) in [5.41, 5.74) is 0. The molecule has 0 unspecified atom stereocenters. The molecule has 3 rings (SSSR count). The molecule has 1 aromatic carbocycles. The van der Waals surface area contributed by atoms with Crippen LogP contribution in [-0.4, -0.2) is 87.2 Å². The van der Waals surface area contributed by atoms with Crippen molar-refractivity contribution in [2.75, 3.05) is 51.9 Å². The summed E-state index contributed by atoms with van der Waals surface area (Å²) in [5, 5.41) is 9.07. The third-order valence-electron chi connectivity index (χ3n) is 6.13. The number of nitrogens with one attached hydrogen (secondary N) is 3. The molecule has 3 N–H and O–H groups in total. The Morgan fingerprint density at radius 1 is 0.900 bits per heavy atom. The average Bonchev–Trinajstić information content (AvgIpc) is 3.47. The van der Waals surface area contributed by atoms with Crippen LogP contribution >= 0.6 is 11.8 Å². The van der Waals surface area contributed by atoms with Crippen molar-refractivity contribution in [3.8, 4) is 5.75 Å². The van der Waals surface area contributed by atoms with Gasteiger partial charge < -0.3 is 34.9 Å². The Labute approximate surface area is 233 Å². The lowest BCUT2D eigenvalue weighted by atomic mass is 10.0. The third kappa shape index (κ3) is 10.1. The predicted molar refractivity (Wildman–Crippen MR) is 136 cm³/mol. The van der Waals surface area contributed by atoms with Crippen LogP contribution in [0.15, 0.2) is 6.07 Å². The van der Waals surface area contributed by atoms with Crippen LogP contribution in [0.2, 0.25) is 0 Å². The molecule has 0 radical (unpaired) electrons. The number of hydrogen-bond acceptors (Lipinski definition) is 8. The number of rotatable bonds is 18. The second kappa shape index (κ2) is 16.6. The second-order valence-electron chi connectivity index (χ2n) is 9.08. The van der Waals surface area contributed by atoms with E-state index in [1.165, 1.54) is 0 Å². The van der Waals surface area contributed by atoms with E-state index in [4.69, 9.17) is 14.2 Å². The van der Waals surface area contributed by atoms with E-state index < -0.39 is 41.4 Å². The zero-order chi connectivity index (χ0) is 28.9. The number of fused-ring (bicyclic) bond motifs is 1. The first-order valence-electron chi connectivity index (χ1n) is 13.0. The first-order chi connectivity index (χ1) is 19.3. The lowest BCUT2D eigenvalue weighted by Crippen LogP contribution is -2.36. The zero-order valence-corrected chi connectivity index (χ0v) is 22.6. The maximum Gasteiger partial charge on any atom is 0.315 e. The molecular weight excluding hydrogens is 562 g/mol. The summed E-state index contributed by atoms with van der Waals surface area (Å²) in [4.78, 5) is 35.0. The number of carbonyl (C=O) groups excluding carboxylic acids is 3. The Bertz CT molecular complexity index is 997. The Hall–Kier alpha value is -2.62. The van der Waals surface area contributed by atoms with Crippen LogP contribution in [-0.2, 0) is 23.8 Å². The summed E-state index contributed by atoms with van der Waals surface area (Å²) < 4.78 is 73.4. The molecule has 10 nitrogen and oxygen atoms in total. The van der Waals surface area contributed by atoms with Gasteiger partial charge in [0.1, 0.15) is 0 Å². The quantitative estimate of drug-likeness (QED) is 0.0591. The van der Waals surface area contributed by atoms with Crippen molar-refractivity contribution in [2.24, 2.45) is 0 Å². The number of ether oxygens (including phenoxy) is 4. The molecule has 0 aromatic heterocycles. The minimum Gasteiger partial charge on any atom is -0.420 e. The Morgan fingerprint density at radius 2 is 1.55 bits per heavy atom. The summed E-state index contributed by atoms with van der Waals surface area (Å²) >= 11 is 1.86. The molecular formula is C25H33F4N3O7S. The molecule has 2 heterocycles. The third-order valence-corrected chi connectivity index (χ3v) is 7.64. The van der Waals surface area contributed by atoms with Gasteiger partial charge in [-0.1, -0.05) is 6.42 Å². The van der Waals surface area contributed by atoms with Crippen LogP contribution in [0.1, 0.15) is 32.1 Å². The Morgan fingerprint density at radius 3 is 2.25 bits per heavy atom. The van der Waals surface area contributed by atoms with Gasteiger partial charge in [-0.05, 0) is 12.8 Å². The van der Waals surface area contributed by atoms with Crippen LogP contribution in [0, 0.1) is 23.3 Å². The van der Waals surface area contributed by atoms with Crippen molar-refractivity contribution >= 4 is 29.7 Å². The van der Waals surface area contributed by atoms with Crippen LogP contribution in [0.5, 0.6) is 5.75 Å². The number of hydrogen-bond donors (Lipinski definition) is 3. The van der Waals surface area contributed by atoms with Crippen molar-refractivity contribution in [3.05, 3.63) is 29.3 Å². The molecule has 0 saturated carbocycles. The summed E-state index contributed by atoms with van der Waals surface area (Å²) in [7, 11) is 0.